The molecule has 1 aliphatic heterocycles. The molecule has 0 radical (unpaired) electrons. The van der Waals surface area contributed by atoms with E-state index in [1.165, 1.54) is 0 Å². The monoisotopic (exact) mass is 300 g/mol. The van der Waals surface area contributed by atoms with Crippen molar-refractivity contribution in [1.29, 1.82) is 0 Å². The van der Waals surface area contributed by atoms with Crippen molar-refractivity contribution in [3.8, 4) is 0 Å². The summed E-state index contributed by atoms with van der Waals surface area (Å²) in [6, 6.07) is 0. The molecule has 122 valence electrons. The number of aliphatic carboxylic acids is 1. The molecule has 2 rings (SSSR count). The largest absolute Gasteiger partial charge is 0.481 e. The minimum absolute atomic E-state index is 0.195. The second-order valence-electron chi connectivity index (χ2n) is 6.53. The number of hydrogen-bond acceptors (Lipinski definition) is 5. The van der Waals surface area contributed by atoms with Crippen LogP contribution in [0.25, 0.3) is 0 Å². The first-order valence-corrected chi connectivity index (χ1v) is 8.03. The van der Waals surface area contributed by atoms with Crippen molar-refractivity contribution in [1.82, 2.24) is 9.80 Å². The Balaban J connectivity index is 1.80. The third kappa shape index (κ3) is 4.92. The molecule has 0 spiro atoms. The van der Waals surface area contributed by atoms with E-state index in [9.17, 15) is 9.90 Å². The number of carbonyl (C=O) groups is 1. The normalized spacial score (nSPS) is 32.8. The summed E-state index contributed by atoms with van der Waals surface area (Å²) >= 11 is 0. The Morgan fingerprint density at radius 2 is 1.71 bits per heavy atom. The molecule has 1 aliphatic carbocycles. The highest BCUT2D eigenvalue weighted by Crippen LogP contribution is 2.33. The summed E-state index contributed by atoms with van der Waals surface area (Å²) in [6.07, 6.45) is 3.38. The van der Waals surface area contributed by atoms with Gasteiger partial charge in [-0.15, -0.1) is 0 Å². The van der Waals surface area contributed by atoms with Crippen molar-refractivity contribution in [2.24, 2.45) is 5.92 Å². The lowest BCUT2D eigenvalue weighted by molar-refractivity contribution is -0.145. The average Bonchev–Trinajstić information content (AvgIpc) is 2.65. The van der Waals surface area contributed by atoms with Crippen LogP contribution in [0.1, 0.15) is 32.1 Å². The predicted octanol–water partition coefficient (Wildman–Crippen LogP) is -0.00770. The summed E-state index contributed by atoms with van der Waals surface area (Å²) in [5, 5.41) is 28.7. The predicted molar refractivity (Wildman–Crippen MR) is 79.1 cm³/mol. The van der Waals surface area contributed by atoms with E-state index in [-0.39, 0.29) is 12.5 Å². The van der Waals surface area contributed by atoms with Gasteiger partial charge in [0.05, 0.1) is 18.1 Å². The lowest BCUT2D eigenvalue weighted by atomic mass is 9.78. The van der Waals surface area contributed by atoms with Crippen LogP contribution in [0.15, 0.2) is 0 Å². The first-order valence-electron chi connectivity index (χ1n) is 8.03. The van der Waals surface area contributed by atoms with E-state index in [0.29, 0.717) is 32.2 Å². The number of nitrogens with zero attached hydrogens (tertiary/aromatic N) is 2. The Morgan fingerprint density at radius 1 is 1.10 bits per heavy atom. The van der Waals surface area contributed by atoms with Gasteiger partial charge in [-0.25, -0.2) is 0 Å². The molecule has 3 N–H and O–H groups in total. The van der Waals surface area contributed by atoms with E-state index in [1.807, 2.05) is 0 Å². The van der Waals surface area contributed by atoms with Gasteiger partial charge in [0.15, 0.2) is 0 Å². The molecule has 1 heterocycles. The van der Waals surface area contributed by atoms with Gasteiger partial charge in [0.25, 0.3) is 0 Å². The first kappa shape index (κ1) is 16.7. The molecule has 21 heavy (non-hydrogen) atoms. The van der Waals surface area contributed by atoms with Crippen molar-refractivity contribution in [3.63, 3.8) is 0 Å². The minimum atomic E-state index is -0.730. The van der Waals surface area contributed by atoms with Gasteiger partial charge < -0.3 is 15.3 Å². The maximum absolute atomic E-state index is 11.0. The summed E-state index contributed by atoms with van der Waals surface area (Å²) in [6.45, 7) is 5.35. The lowest BCUT2D eigenvalue weighted by Gasteiger charge is -2.38. The molecule has 0 aromatic carbocycles. The zero-order chi connectivity index (χ0) is 15.3. The summed E-state index contributed by atoms with van der Waals surface area (Å²) in [5.41, 5.74) is -0.724. The Labute approximate surface area is 126 Å². The molecule has 6 heteroatoms. The molecular formula is C15H28N2O4. The summed E-state index contributed by atoms with van der Waals surface area (Å²) in [5.74, 6) is -1.01. The maximum atomic E-state index is 11.0. The van der Waals surface area contributed by atoms with Gasteiger partial charge in [0.1, 0.15) is 0 Å². The number of aliphatic hydroxyl groups is 2. The van der Waals surface area contributed by atoms with Gasteiger partial charge in [-0.05, 0) is 45.2 Å². The van der Waals surface area contributed by atoms with E-state index >= 15 is 0 Å². The quantitative estimate of drug-likeness (QED) is 0.662. The van der Waals surface area contributed by atoms with Crippen molar-refractivity contribution in [2.75, 3.05) is 45.9 Å². The van der Waals surface area contributed by atoms with Gasteiger partial charge in [-0.2, -0.15) is 0 Å². The van der Waals surface area contributed by atoms with Crippen molar-refractivity contribution < 1.29 is 20.1 Å². The fourth-order valence-electron chi connectivity index (χ4n) is 3.52. The van der Waals surface area contributed by atoms with Crippen LogP contribution in [0.4, 0.5) is 0 Å². The van der Waals surface area contributed by atoms with Crippen molar-refractivity contribution in [3.05, 3.63) is 0 Å². The molecule has 1 saturated carbocycles. The number of β-amino-alcohol motifs (C(OH)–C–C–N with tert-alkyl or cyclic N) is 2. The zero-order valence-corrected chi connectivity index (χ0v) is 12.7. The zero-order valence-electron chi connectivity index (χ0n) is 12.7. The number of aliphatic hydroxyl groups excluding tert-OH is 1. The van der Waals surface area contributed by atoms with Crippen LogP contribution in [0.5, 0.6) is 0 Å². The van der Waals surface area contributed by atoms with Crippen molar-refractivity contribution in [2.45, 2.75) is 37.7 Å². The van der Waals surface area contributed by atoms with Crippen LogP contribution in [0, 0.1) is 5.92 Å². The SMILES string of the molecule is O=C(O)C1CCC(O)(CN2CCCN(CCO)CC2)CC1. The van der Waals surface area contributed by atoms with Gasteiger partial charge in [0.2, 0.25) is 0 Å². The van der Waals surface area contributed by atoms with Crippen LogP contribution in [0.2, 0.25) is 0 Å². The number of carboxylic acid groups (broad SMARTS) is 1. The van der Waals surface area contributed by atoms with Gasteiger partial charge in [-0.3, -0.25) is 14.6 Å². The molecule has 0 atom stereocenters. The van der Waals surface area contributed by atoms with E-state index in [2.05, 4.69) is 9.80 Å². The lowest BCUT2D eigenvalue weighted by Crippen LogP contribution is -2.47. The fraction of sp³-hybridized carbons (Fsp3) is 0.933. The van der Waals surface area contributed by atoms with Crippen LogP contribution in [-0.4, -0.2) is 82.6 Å². The molecule has 0 bridgehead atoms. The van der Waals surface area contributed by atoms with Gasteiger partial charge in [-0.1, -0.05) is 0 Å². The fourth-order valence-corrected chi connectivity index (χ4v) is 3.52. The van der Waals surface area contributed by atoms with Gasteiger partial charge in [0, 0.05) is 26.2 Å². The molecule has 0 unspecified atom stereocenters. The van der Waals surface area contributed by atoms with Crippen molar-refractivity contribution >= 4 is 5.97 Å². The molecular weight excluding hydrogens is 272 g/mol. The molecule has 0 amide bonds. The van der Waals surface area contributed by atoms with Crippen LogP contribution >= 0.6 is 0 Å². The van der Waals surface area contributed by atoms with Crippen LogP contribution < -0.4 is 0 Å². The Hall–Kier alpha value is -0.690. The molecule has 2 aliphatic rings. The first-order chi connectivity index (χ1) is 10.0. The van der Waals surface area contributed by atoms with E-state index in [4.69, 9.17) is 10.2 Å². The summed E-state index contributed by atoms with van der Waals surface area (Å²) < 4.78 is 0. The second kappa shape index (κ2) is 7.54. The third-order valence-corrected chi connectivity index (χ3v) is 4.88. The summed E-state index contributed by atoms with van der Waals surface area (Å²) in [4.78, 5) is 15.5. The molecule has 0 aromatic rings. The third-order valence-electron chi connectivity index (χ3n) is 4.88. The van der Waals surface area contributed by atoms with E-state index in [1.54, 1.807) is 0 Å². The smallest absolute Gasteiger partial charge is 0.306 e. The Kier molecular flexibility index (Phi) is 5.98. The maximum Gasteiger partial charge on any atom is 0.306 e. The molecule has 0 aromatic heterocycles. The average molecular weight is 300 g/mol. The van der Waals surface area contributed by atoms with Crippen LogP contribution in [0.3, 0.4) is 0 Å². The number of rotatable bonds is 5. The van der Waals surface area contributed by atoms with E-state index < -0.39 is 11.6 Å². The minimum Gasteiger partial charge on any atom is -0.481 e. The molecule has 6 nitrogen and oxygen atoms in total. The molecule has 2 fully saturated rings. The summed E-state index contributed by atoms with van der Waals surface area (Å²) in [7, 11) is 0. The Bertz CT molecular complexity index is 343. The topological polar surface area (TPSA) is 84.2 Å². The second-order valence-corrected chi connectivity index (χ2v) is 6.53. The van der Waals surface area contributed by atoms with E-state index in [0.717, 1.165) is 39.1 Å². The standard InChI is InChI=1S/C15H28N2O4/c18-11-10-16-6-1-7-17(9-8-16)12-15(21)4-2-13(3-5-15)14(19)20/h13,18,21H,1-12H2,(H,19,20). The highest BCUT2D eigenvalue weighted by atomic mass is 16.4. The Morgan fingerprint density at radius 3 is 2.33 bits per heavy atom. The number of hydrogen-bond donors (Lipinski definition) is 3. The van der Waals surface area contributed by atoms with Gasteiger partial charge >= 0.3 is 5.97 Å². The number of carboxylic acids is 1. The molecule has 1 saturated heterocycles. The van der Waals surface area contributed by atoms with Crippen LogP contribution in [-0.2, 0) is 4.79 Å². The highest BCUT2D eigenvalue weighted by Gasteiger charge is 2.37. The highest BCUT2D eigenvalue weighted by molar-refractivity contribution is 5.70.